The number of rotatable bonds is 3. The molecule has 3 rings (SSSR count). The van der Waals surface area contributed by atoms with E-state index in [0.717, 1.165) is 34.0 Å². The summed E-state index contributed by atoms with van der Waals surface area (Å²) in [6.07, 6.45) is 3.54. The van der Waals surface area contributed by atoms with Crippen LogP contribution in [0.2, 0.25) is 0 Å². The average molecular weight is 264 g/mol. The summed E-state index contributed by atoms with van der Waals surface area (Å²) in [4.78, 5) is 3.35. The minimum absolute atomic E-state index is 0.0775. The Morgan fingerprint density at radius 3 is 2.67 bits per heavy atom. The van der Waals surface area contributed by atoms with Crippen LogP contribution < -0.4 is 0 Å². The van der Waals surface area contributed by atoms with Gasteiger partial charge in [-0.05, 0) is 51.2 Å². The monoisotopic (exact) mass is 264 g/mol. The lowest BCUT2D eigenvalue weighted by molar-refractivity contribution is 0.306. The van der Waals surface area contributed by atoms with Gasteiger partial charge in [-0.2, -0.15) is 5.10 Å². The second kappa shape index (κ2) is 3.70. The van der Waals surface area contributed by atoms with E-state index in [1.807, 2.05) is 11.7 Å². The maximum atomic E-state index is 5.54. The molecule has 0 aliphatic heterocycles. The van der Waals surface area contributed by atoms with Crippen LogP contribution >= 0.6 is 12.2 Å². The summed E-state index contributed by atoms with van der Waals surface area (Å²) in [6.45, 7) is 6.70. The Hall–Kier alpha value is -1.10. The molecule has 2 aromatic heterocycles. The average Bonchev–Trinajstić information content (AvgIpc) is 3.04. The molecule has 98 valence electrons. The second-order valence-electron chi connectivity index (χ2n) is 5.82. The van der Waals surface area contributed by atoms with Gasteiger partial charge in [0.25, 0.3) is 0 Å². The van der Waals surface area contributed by atoms with Gasteiger partial charge in [0.1, 0.15) is 5.52 Å². The summed E-state index contributed by atoms with van der Waals surface area (Å²) >= 11 is 5.54. The number of imidazole rings is 1. The summed E-state index contributed by atoms with van der Waals surface area (Å²) in [7, 11) is 2.00. The Morgan fingerprint density at radius 1 is 1.44 bits per heavy atom. The van der Waals surface area contributed by atoms with Gasteiger partial charge < -0.3 is 4.98 Å². The highest BCUT2D eigenvalue weighted by Crippen LogP contribution is 2.45. The fourth-order valence-electron chi connectivity index (χ4n) is 2.97. The first-order valence-corrected chi connectivity index (χ1v) is 7.04. The van der Waals surface area contributed by atoms with E-state index in [0.29, 0.717) is 0 Å². The van der Waals surface area contributed by atoms with Crippen LogP contribution in [0.4, 0.5) is 0 Å². The predicted molar refractivity (Wildman–Crippen MR) is 75.3 cm³/mol. The van der Waals surface area contributed by atoms with Crippen molar-refractivity contribution in [3.05, 3.63) is 10.5 Å². The van der Waals surface area contributed by atoms with Gasteiger partial charge >= 0.3 is 0 Å². The summed E-state index contributed by atoms with van der Waals surface area (Å²) in [6, 6.07) is 0. The van der Waals surface area contributed by atoms with Crippen molar-refractivity contribution in [3.63, 3.8) is 0 Å². The number of fused-ring (bicyclic) bond motifs is 1. The van der Waals surface area contributed by atoms with Gasteiger partial charge in [-0.25, -0.2) is 0 Å². The van der Waals surface area contributed by atoms with Crippen molar-refractivity contribution in [1.29, 1.82) is 0 Å². The van der Waals surface area contributed by atoms with E-state index in [1.54, 1.807) is 0 Å². The number of hydrogen-bond acceptors (Lipinski definition) is 2. The van der Waals surface area contributed by atoms with Gasteiger partial charge in [-0.15, -0.1) is 0 Å². The van der Waals surface area contributed by atoms with Gasteiger partial charge in [-0.3, -0.25) is 9.25 Å². The fourth-order valence-corrected chi connectivity index (χ4v) is 3.39. The minimum Gasteiger partial charge on any atom is -0.328 e. The van der Waals surface area contributed by atoms with Crippen molar-refractivity contribution >= 4 is 23.4 Å². The van der Waals surface area contributed by atoms with Gasteiger partial charge in [0.05, 0.1) is 5.69 Å². The molecule has 1 N–H and O–H groups in total. The number of nitrogens with one attached hydrogen (secondary N) is 1. The molecule has 0 radical (unpaired) electrons. The smallest absolute Gasteiger partial charge is 0.179 e. The SMILES string of the molecule is CCc1nn(C)c2c1[nH]c(=S)n2C(C)(C)C1CC1. The van der Waals surface area contributed by atoms with E-state index in [9.17, 15) is 0 Å². The Morgan fingerprint density at radius 2 is 2.11 bits per heavy atom. The number of aryl methyl sites for hydroxylation is 2. The first-order chi connectivity index (χ1) is 8.46. The van der Waals surface area contributed by atoms with Crippen LogP contribution in [0.5, 0.6) is 0 Å². The van der Waals surface area contributed by atoms with Crippen LogP contribution in [-0.2, 0) is 19.0 Å². The Kier molecular flexibility index (Phi) is 2.46. The van der Waals surface area contributed by atoms with Crippen LogP contribution in [0, 0.1) is 10.7 Å². The van der Waals surface area contributed by atoms with Crippen LogP contribution in [-0.4, -0.2) is 19.3 Å². The third-order valence-corrected chi connectivity index (χ3v) is 4.51. The maximum absolute atomic E-state index is 5.54. The highest BCUT2D eigenvalue weighted by atomic mass is 32.1. The van der Waals surface area contributed by atoms with Gasteiger partial charge in [0.2, 0.25) is 0 Å². The van der Waals surface area contributed by atoms with Crippen molar-refractivity contribution in [3.8, 4) is 0 Å². The molecular formula is C13H20N4S. The first-order valence-electron chi connectivity index (χ1n) is 6.64. The van der Waals surface area contributed by atoms with Gasteiger partial charge in [0, 0.05) is 12.6 Å². The first kappa shape index (κ1) is 12.0. The van der Waals surface area contributed by atoms with Crippen molar-refractivity contribution in [1.82, 2.24) is 19.3 Å². The van der Waals surface area contributed by atoms with Crippen molar-refractivity contribution in [2.75, 3.05) is 0 Å². The van der Waals surface area contributed by atoms with Gasteiger partial charge in [-0.1, -0.05) is 6.92 Å². The molecule has 4 nitrogen and oxygen atoms in total. The molecule has 1 fully saturated rings. The Balaban J connectivity index is 2.32. The topological polar surface area (TPSA) is 38.5 Å². The van der Waals surface area contributed by atoms with E-state index >= 15 is 0 Å². The highest BCUT2D eigenvalue weighted by molar-refractivity contribution is 7.71. The minimum atomic E-state index is 0.0775. The number of hydrogen-bond donors (Lipinski definition) is 1. The zero-order valence-electron chi connectivity index (χ0n) is 11.4. The molecule has 0 bridgehead atoms. The molecule has 0 saturated heterocycles. The Bertz CT molecular complexity index is 654. The number of H-pyrrole nitrogens is 1. The summed E-state index contributed by atoms with van der Waals surface area (Å²) in [5.41, 5.74) is 3.42. The molecule has 2 aromatic rings. The van der Waals surface area contributed by atoms with E-state index < -0.39 is 0 Å². The third-order valence-electron chi connectivity index (χ3n) is 4.22. The lowest BCUT2D eigenvalue weighted by atomic mass is 9.98. The molecular weight excluding hydrogens is 244 g/mol. The summed E-state index contributed by atoms with van der Waals surface area (Å²) < 4.78 is 5.05. The molecule has 0 amide bonds. The fraction of sp³-hybridized carbons (Fsp3) is 0.692. The normalized spacial score (nSPS) is 16.7. The molecule has 1 aliphatic carbocycles. The summed E-state index contributed by atoms with van der Waals surface area (Å²) in [5.74, 6) is 0.739. The molecule has 1 saturated carbocycles. The largest absolute Gasteiger partial charge is 0.328 e. The standard InChI is InChI=1S/C13H20N4S/c1-5-9-10-11(16(4)15-9)17(12(18)14-10)13(2,3)8-6-7-8/h8H,5-7H2,1-4H3,(H,14,18). The van der Waals surface area contributed by atoms with E-state index in [-0.39, 0.29) is 5.54 Å². The number of aromatic amines is 1. The quantitative estimate of drug-likeness (QED) is 0.865. The van der Waals surface area contributed by atoms with Gasteiger partial charge in [0.15, 0.2) is 10.4 Å². The molecule has 0 atom stereocenters. The Labute approximate surface area is 112 Å². The number of nitrogens with zero attached hydrogens (tertiary/aromatic N) is 3. The lowest BCUT2D eigenvalue weighted by Gasteiger charge is -2.27. The third kappa shape index (κ3) is 1.49. The van der Waals surface area contributed by atoms with Crippen LogP contribution in [0.15, 0.2) is 0 Å². The molecule has 2 heterocycles. The van der Waals surface area contributed by atoms with E-state index in [2.05, 4.69) is 35.4 Å². The molecule has 5 heteroatoms. The molecule has 0 unspecified atom stereocenters. The molecule has 0 aromatic carbocycles. The molecule has 0 spiro atoms. The van der Waals surface area contributed by atoms with Crippen LogP contribution in [0.1, 0.15) is 39.3 Å². The molecule has 18 heavy (non-hydrogen) atoms. The van der Waals surface area contributed by atoms with E-state index in [1.165, 1.54) is 12.8 Å². The lowest BCUT2D eigenvalue weighted by Crippen LogP contribution is -2.29. The van der Waals surface area contributed by atoms with Crippen molar-refractivity contribution < 1.29 is 0 Å². The zero-order chi connectivity index (χ0) is 13.1. The maximum Gasteiger partial charge on any atom is 0.179 e. The summed E-state index contributed by atoms with van der Waals surface area (Å²) in [5, 5.41) is 4.58. The number of aromatic nitrogens is 4. The second-order valence-corrected chi connectivity index (χ2v) is 6.20. The van der Waals surface area contributed by atoms with Crippen LogP contribution in [0.25, 0.3) is 11.2 Å². The van der Waals surface area contributed by atoms with Crippen molar-refractivity contribution in [2.45, 2.75) is 45.6 Å². The van der Waals surface area contributed by atoms with E-state index in [4.69, 9.17) is 12.2 Å². The predicted octanol–water partition coefficient (Wildman–Crippen LogP) is 3.14. The van der Waals surface area contributed by atoms with Crippen LogP contribution in [0.3, 0.4) is 0 Å². The zero-order valence-corrected chi connectivity index (χ0v) is 12.3. The highest BCUT2D eigenvalue weighted by Gasteiger charge is 2.41. The van der Waals surface area contributed by atoms with Crippen molar-refractivity contribution in [2.24, 2.45) is 13.0 Å². The molecule has 1 aliphatic rings.